The Morgan fingerprint density at radius 2 is 1.88 bits per heavy atom. The average Bonchev–Trinajstić information content (AvgIpc) is 3.24. The molecule has 5 rings (SSSR count). The van der Waals surface area contributed by atoms with Gasteiger partial charge in [0.2, 0.25) is 0 Å². The number of rotatable bonds is 6. The summed E-state index contributed by atoms with van der Waals surface area (Å²) < 4.78 is 8.01. The third-order valence-corrected chi connectivity index (χ3v) is 5.93. The first kappa shape index (κ1) is 21.1. The topological polar surface area (TPSA) is 84.0 Å². The van der Waals surface area contributed by atoms with E-state index in [0.717, 1.165) is 16.9 Å². The maximum absolute atomic E-state index is 12.9. The first-order valence-corrected chi connectivity index (χ1v) is 11.1. The van der Waals surface area contributed by atoms with Crippen molar-refractivity contribution in [3.05, 3.63) is 101 Å². The van der Waals surface area contributed by atoms with Gasteiger partial charge in [0.15, 0.2) is 4.77 Å². The van der Waals surface area contributed by atoms with Gasteiger partial charge in [0.1, 0.15) is 12.4 Å². The van der Waals surface area contributed by atoms with E-state index in [2.05, 4.69) is 52.0 Å². The van der Waals surface area contributed by atoms with E-state index in [-0.39, 0.29) is 18.1 Å². The number of nitrogens with one attached hydrogen (secondary N) is 3. The largest absolute Gasteiger partial charge is 0.377 e. The number of ether oxygens (including phenoxy) is 1. The standard InChI is InChI=1S/C25H23N5O2S/c1-16-8-10-17(11-9-16)23-22(14-32-23)27-19-5-2-4-18(12-19)24(31)28-20-6-3-7-21(13-20)30-15-26-29-25(30)33/h2-13,15,22-23,27H,14H2,1H3,(H,28,31)(H,29,33). The quantitative estimate of drug-likeness (QED) is 0.353. The lowest BCUT2D eigenvalue weighted by Crippen LogP contribution is -2.43. The molecular formula is C25H23N5O2S. The molecule has 0 bridgehead atoms. The fourth-order valence-electron chi connectivity index (χ4n) is 3.82. The second-order valence-electron chi connectivity index (χ2n) is 8.03. The van der Waals surface area contributed by atoms with Gasteiger partial charge in [0.05, 0.1) is 18.3 Å². The molecule has 1 amide bonds. The fourth-order valence-corrected chi connectivity index (χ4v) is 4.03. The van der Waals surface area contributed by atoms with Crippen molar-refractivity contribution < 1.29 is 9.53 Å². The normalized spacial score (nSPS) is 17.2. The molecule has 1 aliphatic rings. The van der Waals surface area contributed by atoms with E-state index in [0.29, 0.717) is 22.6 Å². The van der Waals surface area contributed by atoms with Gasteiger partial charge < -0.3 is 15.4 Å². The van der Waals surface area contributed by atoms with E-state index in [4.69, 9.17) is 17.0 Å². The van der Waals surface area contributed by atoms with Crippen LogP contribution in [0.3, 0.4) is 0 Å². The Morgan fingerprint density at radius 3 is 2.61 bits per heavy atom. The molecule has 33 heavy (non-hydrogen) atoms. The van der Waals surface area contributed by atoms with Crippen LogP contribution in [-0.4, -0.2) is 33.3 Å². The van der Waals surface area contributed by atoms with Crippen LogP contribution in [0.1, 0.15) is 27.6 Å². The smallest absolute Gasteiger partial charge is 0.255 e. The van der Waals surface area contributed by atoms with Crippen molar-refractivity contribution in [1.29, 1.82) is 0 Å². The van der Waals surface area contributed by atoms with Crippen molar-refractivity contribution in [3.63, 3.8) is 0 Å². The summed E-state index contributed by atoms with van der Waals surface area (Å²) in [5, 5.41) is 13.1. The Bertz CT molecular complexity index is 1350. The number of carbonyl (C=O) groups is 1. The maximum atomic E-state index is 12.9. The number of carbonyl (C=O) groups excluding carboxylic acids is 1. The molecule has 1 fully saturated rings. The molecule has 7 nitrogen and oxygen atoms in total. The first-order valence-electron chi connectivity index (χ1n) is 10.7. The predicted octanol–water partition coefficient (Wildman–Crippen LogP) is 5.04. The van der Waals surface area contributed by atoms with Gasteiger partial charge in [-0.15, -0.1) is 0 Å². The molecule has 2 heterocycles. The Labute approximate surface area is 196 Å². The lowest BCUT2D eigenvalue weighted by atomic mass is 9.97. The molecule has 3 aromatic carbocycles. The van der Waals surface area contributed by atoms with Crippen molar-refractivity contribution in [1.82, 2.24) is 14.8 Å². The number of aryl methyl sites for hydroxylation is 1. The molecule has 8 heteroatoms. The second kappa shape index (κ2) is 9.01. The molecule has 0 saturated carbocycles. The summed E-state index contributed by atoms with van der Waals surface area (Å²) in [5.74, 6) is -0.188. The Morgan fingerprint density at radius 1 is 1.09 bits per heavy atom. The highest BCUT2D eigenvalue weighted by molar-refractivity contribution is 7.71. The van der Waals surface area contributed by atoms with Gasteiger partial charge in [-0.3, -0.25) is 14.5 Å². The number of benzene rings is 3. The summed E-state index contributed by atoms with van der Waals surface area (Å²) in [6.45, 7) is 2.69. The van der Waals surface area contributed by atoms with Crippen molar-refractivity contribution in [2.24, 2.45) is 0 Å². The van der Waals surface area contributed by atoms with Crippen LogP contribution < -0.4 is 10.6 Å². The highest BCUT2D eigenvalue weighted by Crippen LogP contribution is 2.32. The Kier molecular flexibility index (Phi) is 5.77. The van der Waals surface area contributed by atoms with E-state index < -0.39 is 0 Å². The van der Waals surface area contributed by atoms with Crippen molar-refractivity contribution >= 4 is 29.5 Å². The number of anilines is 2. The summed E-state index contributed by atoms with van der Waals surface area (Å²) in [5.41, 5.74) is 5.31. The average molecular weight is 458 g/mol. The van der Waals surface area contributed by atoms with Crippen molar-refractivity contribution in [2.45, 2.75) is 19.1 Å². The molecule has 2 atom stereocenters. The lowest BCUT2D eigenvalue weighted by molar-refractivity contribution is -0.0668. The van der Waals surface area contributed by atoms with Gasteiger partial charge >= 0.3 is 0 Å². The van der Waals surface area contributed by atoms with Gasteiger partial charge in [-0.2, -0.15) is 5.10 Å². The van der Waals surface area contributed by atoms with Crippen LogP contribution in [-0.2, 0) is 4.74 Å². The third-order valence-electron chi connectivity index (χ3n) is 5.64. The number of aromatic amines is 1. The first-order chi connectivity index (χ1) is 16.1. The SMILES string of the molecule is Cc1ccc(C2OCC2Nc2cccc(C(=O)Nc3cccc(-n4cn[nH]c4=S)c3)c2)cc1. The summed E-state index contributed by atoms with van der Waals surface area (Å²) in [4.78, 5) is 12.9. The number of hydrogen-bond donors (Lipinski definition) is 3. The zero-order chi connectivity index (χ0) is 22.8. The lowest BCUT2D eigenvalue weighted by Gasteiger charge is -2.38. The predicted molar refractivity (Wildman–Crippen MR) is 130 cm³/mol. The van der Waals surface area contributed by atoms with Crippen LogP contribution in [0.15, 0.2) is 79.1 Å². The molecule has 0 aliphatic carbocycles. The summed E-state index contributed by atoms with van der Waals surface area (Å²) in [7, 11) is 0. The van der Waals surface area contributed by atoms with Gasteiger partial charge in [0.25, 0.3) is 5.91 Å². The molecule has 1 aromatic heterocycles. The van der Waals surface area contributed by atoms with Gasteiger partial charge in [-0.25, -0.2) is 0 Å². The molecule has 3 N–H and O–H groups in total. The number of amides is 1. The number of H-pyrrole nitrogens is 1. The highest BCUT2D eigenvalue weighted by atomic mass is 32.1. The fraction of sp³-hybridized carbons (Fsp3) is 0.160. The molecule has 1 aliphatic heterocycles. The van der Waals surface area contributed by atoms with E-state index in [9.17, 15) is 4.79 Å². The van der Waals surface area contributed by atoms with Gasteiger partial charge in [0, 0.05) is 16.9 Å². The number of hydrogen-bond acceptors (Lipinski definition) is 5. The van der Waals surface area contributed by atoms with Crippen molar-refractivity contribution in [2.75, 3.05) is 17.2 Å². The van der Waals surface area contributed by atoms with E-state index in [1.807, 2.05) is 42.5 Å². The zero-order valence-corrected chi connectivity index (χ0v) is 18.8. The molecule has 0 spiro atoms. The zero-order valence-electron chi connectivity index (χ0n) is 18.0. The van der Waals surface area contributed by atoms with Crippen LogP contribution in [0.4, 0.5) is 11.4 Å². The molecular weight excluding hydrogens is 434 g/mol. The van der Waals surface area contributed by atoms with Crippen LogP contribution in [0.5, 0.6) is 0 Å². The Hall–Kier alpha value is -3.75. The van der Waals surface area contributed by atoms with Crippen LogP contribution in [0.25, 0.3) is 5.69 Å². The van der Waals surface area contributed by atoms with E-state index in [1.165, 1.54) is 5.56 Å². The highest BCUT2D eigenvalue weighted by Gasteiger charge is 2.33. The summed E-state index contributed by atoms with van der Waals surface area (Å²) in [6, 6.07) is 23.5. The summed E-state index contributed by atoms with van der Waals surface area (Å²) in [6.07, 6.45) is 1.60. The second-order valence-corrected chi connectivity index (χ2v) is 8.42. The summed E-state index contributed by atoms with van der Waals surface area (Å²) >= 11 is 5.23. The van der Waals surface area contributed by atoms with Gasteiger partial charge in [-0.05, 0) is 61.1 Å². The minimum atomic E-state index is -0.188. The van der Waals surface area contributed by atoms with Crippen LogP contribution in [0.2, 0.25) is 0 Å². The van der Waals surface area contributed by atoms with Gasteiger partial charge in [-0.1, -0.05) is 42.0 Å². The maximum Gasteiger partial charge on any atom is 0.255 e. The molecule has 2 unspecified atom stereocenters. The van der Waals surface area contributed by atoms with Crippen LogP contribution in [0, 0.1) is 11.7 Å². The molecule has 166 valence electrons. The van der Waals surface area contributed by atoms with Crippen molar-refractivity contribution in [3.8, 4) is 5.69 Å². The third kappa shape index (κ3) is 4.57. The van der Waals surface area contributed by atoms with E-state index in [1.54, 1.807) is 17.0 Å². The Balaban J connectivity index is 1.27. The molecule has 0 radical (unpaired) electrons. The van der Waals surface area contributed by atoms with E-state index >= 15 is 0 Å². The molecule has 1 saturated heterocycles. The molecule has 4 aromatic rings. The minimum absolute atomic E-state index is 0.000478. The minimum Gasteiger partial charge on any atom is -0.377 e. The number of aromatic nitrogens is 3. The number of nitrogens with zero attached hydrogens (tertiary/aromatic N) is 2. The van der Waals surface area contributed by atoms with Crippen LogP contribution >= 0.6 is 12.2 Å². The monoisotopic (exact) mass is 457 g/mol.